The number of aromatic amines is 1. The number of carbonyl (C=O) groups is 2. The Morgan fingerprint density at radius 1 is 1.12 bits per heavy atom. The van der Waals surface area contributed by atoms with Crippen LogP contribution in [-0.2, 0) is 4.74 Å². The fourth-order valence-electron chi connectivity index (χ4n) is 6.12. The normalized spacial score (nSPS) is 32.8. The largest absolute Gasteiger partial charge is 0.465 e. The summed E-state index contributed by atoms with van der Waals surface area (Å²) < 4.78 is 4.83. The molecule has 2 N–H and O–H groups in total. The second-order valence-electron chi connectivity index (χ2n) is 8.59. The van der Waals surface area contributed by atoms with Crippen LogP contribution in [0.25, 0.3) is 0 Å². The highest BCUT2D eigenvalue weighted by Crippen LogP contribution is 2.55. The zero-order chi connectivity index (χ0) is 17.8. The molecule has 0 aliphatic heterocycles. The molecule has 5 heteroatoms. The standard InChI is InChI=1S/C20H28N2O3/c1-11-17(19(24)25-3)12(2)22-18(11)16(23)10-21-20-7-13-4-14(8-20)6-15(5-13)9-20/h13-15,21-22H,4-10H2,1-3H3. The number of ether oxygens (including phenoxy) is 1. The van der Waals surface area contributed by atoms with Gasteiger partial charge in [-0.15, -0.1) is 0 Å². The van der Waals surface area contributed by atoms with Crippen LogP contribution in [0.4, 0.5) is 0 Å². The highest BCUT2D eigenvalue weighted by Gasteiger charge is 2.50. The quantitative estimate of drug-likeness (QED) is 0.636. The Morgan fingerprint density at radius 3 is 2.20 bits per heavy atom. The molecule has 0 radical (unpaired) electrons. The predicted octanol–water partition coefficient (Wildman–Crippen LogP) is 3.16. The lowest BCUT2D eigenvalue weighted by molar-refractivity contribution is -0.0186. The lowest BCUT2D eigenvalue weighted by Gasteiger charge is -2.57. The third-order valence-electron chi connectivity index (χ3n) is 6.77. The molecule has 0 spiro atoms. The summed E-state index contributed by atoms with van der Waals surface area (Å²) >= 11 is 0. The van der Waals surface area contributed by atoms with Gasteiger partial charge in [-0.1, -0.05) is 0 Å². The van der Waals surface area contributed by atoms with Gasteiger partial charge in [0.25, 0.3) is 0 Å². The van der Waals surface area contributed by atoms with Crippen molar-refractivity contribution < 1.29 is 14.3 Å². The first-order chi connectivity index (χ1) is 11.9. The SMILES string of the molecule is COC(=O)c1c(C)[nH]c(C(=O)CNC23CC4CC(CC(C4)C2)C3)c1C. The number of nitrogens with one attached hydrogen (secondary N) is 2. The fourth-order valence-corrected chi connectivity index (χ4v) is 6.12. The van der Waals surface area contributed by atoms with Crippen molar-refractivity contribution >= 4 is 11.8 Å². The molecule has 0 saturated heterocycles. The van der Waals surface area contributed by atoms with Crippen molar-refractivity contribution in [3.63, 3.8) is 0 Å². The van der Waals surface area contributed by atoms with E-state index in [1.807, 2.05) is 13.8 Å². The maximum atomic E-state index is 12.8. The topological polar surface area (TPSA) is 71.2 Å². The van der Waals surface area contributed by atoms with E-state index in [0.717, 1.165) is 17.8 Å². The summed E-state index contributed by atoms with van der Waals surface area (Å²) in [5.41, 5.74) is 2.59. The molecule has 0 unspecified atom stereocenters. The van der Waals surface area contributed by atoms with Crippen LogP contribution in [0.2, 0.25) is 0 Å². The zero-order valence-electron chi connectivity index (χ0n) is 15.4. The molecule has 0 aromatic carbocycles. The summed E-state index contributed by atoms with van der Waals surface area (Å²) in [6.07, 6.45) is 7.86. The van der Waals surface area contributed by atoms with E-state index >= 15 is 0 Å². The summed E-state index contributed by atoms with van der Waals surface area (Å²) in [5, 5.41) is 3.64. The number of carbonyl (C=O) groups excluding carboxylic acids is 2. The summed E-state index contributed by atoms with van der Waals surface area (Å²) in [5.74, 6) is 2.21. The lowest BCUT2D eigenvalue weighted by Crippen LogP contribution is -2.59. The Balaban J connectivity index is 1.47. The second-order valence-corrected chi connectivity index (χ2v) is 8.59. The van der Waals surface area contributed by atoms with Crippen LogP contribution in [0.3, 0.4) is 0 Å². The summed E-state index contributed by atoms with van der Waals surface area (Å²) in [6, 6.07) is 0. The molecule has 0 amide bonds. The minimum absolute atomic E-state index is 0.0338. The number of aromatic nitrogens is 1. The lowest BCUT2D eigenvalue weighted by atomic mass is 9.53. The van der Waals surface area contributed by atoms with Gasteiger partial charge >= 0.3 is 5.97 Å². The van der Waals surface area contributed by atoms with Crippen LogP contribution in [-0.4, -0.2) is 35.9 Å². The smallest absolute Gasteiger partial charge is 0.339 e. The summed E-state index contributed by atoms with van der Waals surface area (Å²) in [6.45, 7) is 3.96. The van der Waals surface area contributed by atoms with Crippen LogP contribution in [0.15, 0.2) is 0 Å². The highest BCUT2D eigenvalue weighted by molar-refractivity contribution is 6.02. The number of aryl methyl sites for hydroxylation is 1. The van der Waals surface area contributed by atoms with Crippen molar-refractivity contribution in [1.29, 1.82) is 0 Å². The molecule has 4 fully saturated rings. The Kier molecular flexibility index (Phi) is 4.02. The number of Topliss-reactive ketones (excluding diaryl/α,β-unsaturated/α-hetero) is 1. The van der Waals surface area contributed by atoms with E-state index in [9.17, 15) is 9.59 Å². The molecule has 1 aromatic heterocycles. The molecule has 4 saturated carbocycles. The number of hydrogen-bond acceptors (Lipinski definition) is 4. The van der Waals surface area contributed by atoms with Crippen LogP contribution >= 0.6 is 0 Å². The molecule has 5 nitrogen and oxygen atoms in total. The van der Waals surface area contributed by atoms with E-state index in [2.05, 4.69) is 10.3 Å². The van der Waals surface area contributed by atoms with Gasteiger partial charge in [0.15, 0.2) is 5.78 Å². The van der Waals surface area contributed by atoms with Crippen molar-refractivity contribution in [2.24, 2.45) is 17.8 Å². The van der Waals surface area contributed by atoms with E-state index in [-0.39, 0.29) is 17.3 Å². The third-order valence-corrected chi connectivity index (χ3v) is 6.77. The van der Waals surface area contributed by atoms with Crippen LogP contribution in [0.5, 0.6) is 0 Å². The first kappa shape index (κ1) is 16.8. The predicted molar refractivity (Wildman–Crippen MR) is 94.8 cm³/mol. The molecule has 136 valence electrons. The first-order valence-electron chi connectivity index (χ1n) is 9.46. The van der Waals surface area contributed by atoms with E-state index < -0.39 is 0 Å². The molecule has 1 heterocycles. The summed E-state index contributed by atoms with van der Waals surface area (Å²) in [4.78, 5) is 27.8. The minimum Gasteiger partial charge on any atom is -0.465 e. The minimum atomic E-state index is -0.389. The van der Waals surface area contributed by atoms with Gasteiger partial charge in [-0.25, -0.2) is 4.79 Å². The van der Waals surface area contributed by atoms with Gasteiger partial charge < -0.3 is 15.0 Å². The number of methoxy groups -OCH3 is 1. The number of rotatable bonds is 5. The Bertz CT molecular complexity index is 683. The van der Waals surface area contributed by atoms with Crippen molar-refractivity contribution in [2.45, 2.75) is 57.9 Å². The van der Waals surface area contributed by atoms with E-state index in [1.165, 1.54) is 45.6 Å². The Labute approximate surface area is 148 Å². The van der Waals surface area contributed by atoms with Gasteiger partial charge in [0.05, 0.1) is 24.9 Å². The first-order valence-corrected chi connectivity index (χ1v) is 9.46. The molecule has 0 atom stereocenters. The molecule has 25 heavy (non-hydrogen) atoms. The second kappa shape index (κ2) is 5.97. The highest BCUT2D eigenvalue weighted by atomic mass is 16.5. The molecule has 4 bridgehead atoms. The molecule has 5 rings (SSSR count). The Morgan fingerprint density at radius 2 is 1.68 bits per heavy atom. The molecule has 4 aliphatic rings. The fraction of sp³-hybridized carbons (Fsp3) is 0.700. The van der Waals surface area contributed by atoms with E-state index in [0.29, 0.717) is 29.1 Å². The maximum absolute atomic E-state index is 12.8. The monoisotopic (exact) mass is 344 g/mol. The molecular weight excluding hydrogens is 316 g/mol. The van der Waals surface area contributed by atoms with Crippen molar-refractivity contribution in [2.75, 3.05) is 13.7 Å². The summed E-state index contributed by atoms with van der Waals surface area (Å²) in [7, 11) is 1.37. The maximum Gasteiger partial charge on any atom is 0.339 e. The van der Waals surface area contributed by atoms with Crippen molar-refractivity contribution in [1.82, 2.24) is 10.3 Å². The van der Waals surface area contributed by atoms with Gasteiger partial charge in [0.2, 0.25) is 0 Å². The van der Waals surface area contributed by atoms with Gasteiger partial charge in [-0.05, 0) is 75.7 Å². The van der Waals surface area contributed by atoms with Crippen molar-refractivity contribution in [3.05, 3.63) is 22.5 Å². The van der Waals surface area contributed by atoms with E-state index in [1.54, 1.807) is 0 Å². The molecule has 1 aromatic rings. The van der Waals surface area contributed by atoms with Gasteiger partial charge in [0.1, 0.15) is 0 Å². The molecule has 4 aliphatic carbocycles. The zero-order valence-corrected chi connectivity index (χ0v) is 15.4. The number of esters is 1. The van der Waals surface area contributed by atoms with Gasteiger partial charge in [0, 0.05) is 11.2 Å². The average Bonchev–Trinajstić information content (AvgIpc) is 2.85. The van der Waals surface area contributed by atoms with Crippen LogP contribution in [0.1, 0.15) is 70.6 Å². The number of hydrogen-bond donors (Lipinski definition) is 2. The average molecular weight is 344 g/mol. The van der Waals surface area contributed by atoms with Crippen LogP contribution in [0, 0.1) is 31.6 Å². The molecular formula is C20H28N2O3. The number of H-pyrrole nitrogens is 1. The Hall–Kier alpha value is -1.62. The van der Waals surface area contributed by atoms with E-state index in [4.69, 9.17) is 4.74 Å². The third kappa shape index (κ3) is 2.82. The van der Waals surface area contributed by atoms with Gasteiger partial charge in [-0.2, -0.15) is 0 Å². The van der Waals surface area contributed by atoms with Crippen LogP contribution < -0.4 is 5.32 Å². The van der Waals surface area contributed by atoms with Gasteiger partial charge in [-0.3, -0.25) is 4.79 Å². The number of ketones is 1. The van der Waals surface area contributed by atoms with Crippen molar-refractivity contribution in [3.8, 4) is 0 Å².